The minimum Gasteiger partial charge on any atom is -0.379 e. The second-order valence-corrected chi connectivity index (χ2v) is 5.56. The highest BCUT2D eigenvalue weighted by Crippen LogP contribution is 2.20. The van der Waals surface area contributed by atoms with Crippen molar-refractivity contribution >= 4 is 0 Å². The van der Waals surface area contributed by atoms with Crippen molar-refractivity contribution in [2.75, 3.05) is 40.4 Å². The Morgan fingerprint density at radius 2 is 2.24 bits per heavy atom. The van der Waals surface area contributed by atoms with Crippen molar-refractivity contribution in [2.45, 2.75) is 44.9 Å². The third-order valence-corrected chi connectivity index (χ3v) is 3.56. The normalized spacial score (nSPS) is 24.9. The summed E-state index contributed by atoms with van der Waals surface area (Å²) in [6.45, 7) is 10.4. The molecule has 0 radical (unpaired) electrons. The van der Waals surface area contributed by atoms with Crippen LogP contribution in [0.1, 0.15) is 27.2 Å². The number of likely N-dealkylation sites (N-methyl/N-ethyl adjacent to an activating group) is 1. The molecule has 0 aliphatic carbocycles. The zero-order valence-corrected chi connectivity index (χ0v) is 12.0. The van der Waals surface area contributed by atoms with E-state index >= 15 is 0 Å². The lowest BCUT2D eigenvalue weighted by Gasteiger charge is -2.39. The van der Waals surface area contributed by atoms with Crippen LogP contribution in [0.2, 0.25) is 0 Å². The summed E-state index contributed by atoms with van der Waals surface area (Å²) in [6.07, 6.45) is 1.37. The van der Waals surface area contributed by atoms with E-state index in [2.05, 4.69) is 31.0 Å². The molecule has 0 amide bonds. The molecule has 4 heteroatoms. The molecule has 1 N–H and O–H groups in total. The predicted octanol–water partition coefficient (Wildman–Crippen LogP) is 1.11. The monoisotopic (exact) mass is 244 g/mol. The van der Waals surface area contributed by atoms with E-state index in [1.165, 1.54) is 0 Å². The molecule has 1 aliphatic heterocycles. The molecule has 1 rings (SSSR count). The molecule has 2 unspecified atom stereocenters. The Kier molecular flexibility index (Phi) is 5.86. The Morgan fingerprint density at radius 3 is 2.82 bits per heavy atom. The SMILES string of the molecule is CNCC1CN(C(C)CC(C)(C)OC)CCO1. The van der Waals surface area contributed by atoms with Crippen LogP contribution in [-0.4, -0.2) is 63.0 Å². The maximum atomic E-state index is 5.72. The van der Waals surface area contributed by atoms with Gasteiger partial charge in [-0.3, -0.25) is 4.90 Å². The number of rotatable bonds is 6. The number of ether oxygens (including phenoxy) is 2. The first kappa shape index (κ1) is 14.9. The molecule has 0 spiro atoms. The Balaban J connectivity index is 2.43. The van der Waals surface area contributed by atoms with Crippen molar-refractivity contribution in [1.29, 1.82) is 0 Å². The second-order valence-electron chi connectivity index (χ2n) is 5.56. The molecule has 1 aliphatic rings. The molecule has 0 aromatic heterocycles. The van der Waals surface area contributed by atoms with E-state index in [1.54, 1.807) is 7.11 Å². The van der Waals surface area contributed by atoms with Gasteiger partial charge < -0.3 is 14.8 Å². The van der Waals surface area contributed by atoms with Gasteiger partial charge in [-0.15, -0.1) is 0 Å². The molecule has 2 atom stereocenters. The van der Waals surface area contributed by atoms with Gasteiger partial charge in [-0.25, -0.2) is 0 Å². The maximum absolute atomic E-state index is 5.72. The molecule has 0 saturated carbocycles. The first-order valence-electron chi connectivity index (χ1n) is 6.54. The number of nitrogens with one attached hydrogen (secondary N) is 1. The highest BCUT2D eigenvalue weighted by atomic mass is 16.5. The predicted molar refractivity (Wildman–Crippen MR) is 70.4 cm³/mol. The van der Waals surface area contributed by atoms with E-state index in [4.69, 9.17) is 9.47 Å². The molecule has 1 saturated heterocycles. The lowest BCUT2D eigenvalue weighted by Crippen LogP contribution is -2.50. The summed E-state index contributed by atoms with van der Waals surface area (Å²) in [7, 11) is 3.76. The van der Waals surface area contributed by atoms with E-state index in [0.717, 1.165) is 32.7 Å². The van der Waals surface area contributed by atoms with Crippen molar-refractivity contribution in [2.24, 2.45) is 0 Å². The van der Waals surface area contributed by atoms with Crippen LogP contribution in [0, 0.1) is 0 Å². The van der Waals surface area contributed by atoms with Crippen molar-refractivity contribution in [3.05, 3.63) is 0 Å². The van der Waals surface area contributed by atoms with Crippen molar-refractivity contribution < 1.29 is 9.47 Å². The quantitative estimate of drug-likeness (QED) is 0.759. The number of hydrogen-bond acceptors (Lipinski definition) is 4. The molecular formula is C13H28N2O2. The fourth-order valence-corrected chi connectivity index (χ4v) is 2.42. The Labute approximate surface area is 106 Å². The van der Waals surface area contributed by atoms with Gasteiger partial charge in [0, 0.05) is 32.8 Å². The minimum absolute atomic E-state index is 0.0454. The van der Waals surface area contributed by atoms with Crippen LogP contribution in [0.25, 0.3) is 0 Å². The highest BCUT2D eigenvalue weighted by molar-refractivity contribution is 4.81. The summed E-state index contributed by atoms with van der Waals surface area (Å²) < 4.78 is 11.2. The average molecular weight is 244 g/mol. The molecule has 1 fully saturated rings. The molecule has 0 aromatic carbocycles. The summed E-state index contributed by atoms with van der Waals surface area (Å²) >= 11 is 0. The van der Waals surface area contributed by atoms with Gasteiger partial charge in [-0.05, 0) is 34.2 Å². The highest BCUT2D eigenvalue weighted by Gasteiger charge is 2.28. The second kappa shape index (κ2) is 6.69. The zero-order chi connectivity index (χ0) is 12.9. The van der Waals surface area contributed by atoms with Crippen LogP contribution in [-0.2, 0) is 9.47 Å². The van der Waals surface area contributed by atoms with Crippen molar-refractivity contribution in [1.82, 2.24) is 10.2 Å². The molecular weight excluding hydrogens is 216 g/mol. The first-order chi connectivity index (χ1) is 7.98. The van der Waals surface area contributed by atoms with Gasteiger partial charge in [0.25, 0.3) is 0 Å². The summed E-state index contributed by atoms with van der Waals surface area (Å²) in [4.78, 5) is 2.51. The van der Waals surface area contributed by atoms with E-state index in [9.17, 15) is 0 Å². The largest absolute Gasteiger partial charge is 0.379 e. The Bertz CT molecular complexity index is 219. The van der Waals surface area contributed by atoms with Gasteiger partial charge in [-0.2, -0.15) is 0 Å². The first-order valence-corrected chi connectivity index (χ1v) is 6.54. The molecule has 0 aromatic rings. The van der Waals surface area contributed by atoms with Crippen molar-refractivity contribution in [3.63, 3.8) is 0 Å². The van der Waals surface area contributed by atoms with Gasteiger partial charge in [0.05, 0.1) is 18.3 Å². The Hall–Kier alpha value is -0.160. The van der Waals surface area contributed by atoms with Gasteiger partial charge in [-0.1, -0.05) is 0 Å². The lowest BCUT2D eigenvalue weighted by molar-refractivity contribution is -0.0587. The smallest absolute Gasteiger partial charge is 0.0826 e. The standard InChI is InChI=1S/C13H28N2O2/c1-11(8-13(2,3)16-5)15-6-7-17-12(10-15)9-14-4/h11-12,14H,6-10H2,1-5H3. The van der Waals surface area contributed by atoms with Gasteiger partial charge in [0.1, 0.15) is 0 Å². The fraction of sp³-hybridized carbons (Fsp3) is 1.00. The van der Waals surface area contributed by atoms with Gasteiger partial charge in [0.2, 0.25) is 0 Å². The van der Waals surface area contributed by atoms with E-state index in [-0.39, 0.29) is 5.60 Å². The van der Waals surface area contributed by atoms with Crippen LogP contribution >= 0.6 is 0 Å². The molecule has 1 heterocycles. The molecule has 17 heavy (non-hydrogen) atoms. The topological polar surface area (TPSA) is 33.7 Å². The molecule has 0 bridgehead atoms. The summed E-state index contributed by atoms with van der Waals surface area (Å²) in [5.74, 6) is 0. The third-order valence-electron chi connectivity index (χ3n) is 3.56. The third kappa shape index (κ3) is 4.92. The number of nitrogens with zero attached hydrogens (tertiary/aromatic N) is 1. The Morgan fingerprint density at radius 1 is 1.53 bits per heavy atom. The lowest BCUT2D eigenvalue weighted by atomic mass is 9.98. The summed E-state index contributed by atoms with van der Waals surface area (Å²) in [6, 6.07) is 0.535. The van der Waals surface area contributed by atoms with Crippen molar-refractivity contribution in [3.8, 4) is 0 Å². The minimum atomic E-state index is -0.0454. The van der Waals surface area contributed by atoms with E-state index in [0.29, 0.717) is 12.1 Å². The average Bonchev–Trinajstić information content (AvgIpc) is 2.29. The molecule has 4 nitrogen and oxygen atoms in total. The maximum Gasteiger partial charge on any atom is 0.0826 e. The van der Waals surface area contributed by atoms with Gasteiger partial charge >= 0.3 is 0 Å². The summed E-state index contributed by atoms with van der Waals surface area (Å²) in [5, 5.41) is 3.18. The van der Waals surface area contributed by atoms with Crippen LogP contribution in [0.3, 0.4) is 0 Å². The number of hydrogen-bond donors (Lipinski definition) is 1. The zero-order valence-electron chi connectivity index (χ0n) is 12.0. The fourth-order valence-electron chi connectivity index (χ4n) is 2.42. The van der Waals surface area contributed by atoms with Gasteiger partial charge in [0.15, 0.2) is 0 Å². The summed E-state index contributed by atoms with van der Waals surface area (Å²) in [5.41, 5.74) is -0.0454. The number of morpholine rings is 1. The van der Waals surface area contributed by atoms with Crippen LogP contribution in [0.5, 0.6) is 0 Å². The van der Waals surface area contributed by atoms with Crippen LogP contribution < -0.4 is 5.32 Å². The number of methoxy groups -OCH3 is 1. The van der Waals surface area contributed by atoms with Crippen LogP contribution in [0.15, 0.2) is 0 Å². The van der Waals surface area contributed by atoms with E-state index in [1.807, 2.05) is 7.05 Å². The van der Waals surface area contributed by atoms with Crippen LogP contribution in [0.4, 0.5) is 0 Å². The van der Waals surface area contributed by atoms with E-state index < -0.39 is 0 Å². The molecule has 102 valence electrons.